The van der Waals surface area contributed by atoms with Gasteiger partial charge in [-0.3, -0.25) is 0 Å². The highest BCUT2D eigenvalue weighted by molar-refractivity contribution is 7.91. The van der Waals surface area contributed by atoms with E-state index in [0.29, 0.717) is 5.56 Å². The van der Waals surface area contributed by atoms with Crippen molar-refractivity contribution >= 4 is 9.84 Å². The van der Waals surface area contributed by atoms with Gasteiger partial charge in [-0.1, -0.05) is 17.7 Å². The fourth-order valence-electron chi connectivity index (χ4n) is 2.10. The maximum absolute atomic E-state index is 13.0. The van der Waals surface area contributed by atoms with Crippen molar-refractivity contribution in [1.29, 1.82) is 5.26 Å². The normalized spacial score (nSPS) is 11.2. The molecule has 0 bridgehead atoms. The molecule has 0 N–H and O–H groups in total. The molecule has 0 radical (unpaired) electrons. The predicted octanol–water partition coefficient (Wildman–Crippen LogP) is 3.49. The van der Waals surface area contributed by atoms with Crippen LogP contribution >= 0.6 is 0 Å². The standard InChI is InChI=1S/C17H11FN2O3S/c1-11-2-4-12(5-3-11)16-20-15(10-19)17(23-16)24(21,22)14-8-6-13(18)7-9-14/h2-9H,1H3. The van der Waals surface area contributed by atoms with E-state index in [4.69, 9.17) is 4.42 Å². The molecular formula is C17H11FN2O3S. The minimum Gasteiger partial charge on any atom is -0.423 e. The van der Waals surface area contributed by atoms with Gasteiger partial charge in [-0.25, -0.2) is 12.8 Å². The Kier molecular flexibility index (Phi) is 3.91. The van der Waals surface area contributed by atoms with Gasteiger partial charge >= 0.3 is 0 Å². The number of nitrogens with zero attached hydrogens (tertiary/aromatic N) is 2. The quantitative estimate of drug-likeness (QED) is 0.680. The number of hydrogen-bond acceptors (Lipinski definition) is 5. The molecule has 0 aliphatic heterocycles. The maximum atomic E-state index is 13.0. The first-order valence-corrected chi connectivity index (χ1v) is 8.39. The Morgan fingerprint density at radius 1 is 1.08 bits per heavy atom. The topological polar surface area (TPSA) is 84.0 Å². The molecule has 1 heterocycles. The van der Waals surface area contributed by atoms with Gasteiger partial charge in [0.1, 0.15) is 11.9 Å². The average Bonchev–Trinajstić information content (AvgIpc) is 3.01. The molecule has 0 aliphatic rings. The Labute approximate surface area is 137 Å². The number of halogens is 1. The highest BCUT2D eigenvalue weighted by Crippen LogP contribution is 2.29. The van der Waals surface area contributed by atoms with E-state index in [-0.39, 0.29) is 16.5 Å². The second-order valence-electron chi connectivity index (χ2n) is 5.09. The third kappa shape index (κ3) is 2.79. The van der Waals surface area contributed by atoms with Crippen LogP contribution < -0.4 is 0 Å². The van der Waals surface area contributed by atoms with Crippen molar-refractivity contribution in [2.75, 3.05) is 0 Å². The molecule has 2 aromatic carbocycles. The molecule has 24 heavy (non-hydrogen) atoms. The van der Waals surface area contributed by atoms with Gasteiger partial charge in [0.2, 0.25) is 15.7 Å². The lowest BCUT2D eigenvalue weighted by Crippen LogP contribution is -2.02. The van der Waals surface area contributed by atoms with E-state index in [1.165, 1.54) is 0 Å². The van der Waals surface area contributed by atoms with Crippen molar-refractivity contribution in [2.24, 2.45) is 0 Å². The summed E-state index contributed by atoms with van der Waals surface area (Å²) < 4.78 is 43.6. The van der Waals surface area contributed by atoms with Crippen molar-refractivity contribution in [1.82, 2.24) is 4.98 Å². The molecule has 5 nitrogen and oxygen atoms in total. The van der Waals surface area contributed by atoms with Crippen LogP contribution in [0.4, 0.5) is 4.39 Å². The molecule has 7 heteroatoms. The largest absolute Gasteiger partial charge is 0.423 e. The second-order valence-corrected chi connectivity index (χ2v) is 6.94. The van der Waals surface area contributed by atoms with Gasteiger partial charge < -0.3 is 4.42 Å². The second kappa shape index (κ2) is 5.91. The van der Waals surface area contributed by atoms with Crippen LogP contribution in [0, 0.1) is 24.1 Å². The van der Waals surface area contributed by atoms with Crippen molar-refractivity contribution in [3.63, 3.8) is 0 Å². The highest BCUT2D eigenvalue weighted by atomic mass is 32.2. The van der Waals surface area contributed by atoms with Crippen molar-refractivity contribution in [3.05, 3.63) is 65.6 Å². The monoisotopic (exact) mass is 342 g/mol. The van der Waals surface area contributed by atoms with Crippen LogP contribution in [0.1, 0.15) is 11.3 Å². The molecule has 0 saturated carbocycles. The van der Waals surface area contributed by atoms with Gasteiger partial charge in [-0.2, -0.15) is 10.2 Å². The lowest BCUT2D eigenvalue weighted by atomic mass is 10.1. The van der Waals surface area contributed by atoms with E-state index in [9.17, 15) is 18.1 Å². The maximum Gasteiger partial charge on any atom is 0.261 e. The van der Waals surface area contributed by atoms with Crippen LogP contribution in [0.15, 0.2) is 62.9 Å². The first-order chi connectivity index (χ1) is 11.4. The first-order valence-electron chi connectivity index (χ1n) is 6.90. The molecular weight excluding hydrogens is 331 g/mol. The van der Waals surface area contributed by atoms with Gasteiger partial charge in [0.05, 0.1) is 4.90 Å². The minimum atomic E-state index is -4.11. The zero-order chi connectivity index (χ0) is 17.3. The zero-order valence-electron chi connectivity index (χ0n) is 12.5. The first kappa shape index (κ1) is 15.9. The van der Waals surface area contributed by atoms with Crippen molar-refractivity contribution < 1.29 is 17.2 Å². The highest BCUT2D eigenvalue weighted by Gasteiger charge is 2.28. The summed E-state index contributed by atoms with van der Waals surface area (Å²) in [5.41, 5.74) is 1.23. The third-order valence-corrected chi connectivity index (χ3v) is 5.03. The van der Waals surface area contributed by atoms with E-state index in [1.54, 1.807) is 18.2 Å². The molecule has 0 spiro atoms. The summed E-state index contributed by atoms with van der Waals surface area (Å²) in [5.74, 6) is -0.528. The number of sulfone groups is 1. The Bertz CT molecular complexity index is 1030. The SMILES string of the molecule is Cc1ccc(-c2nc(C#N)c(S(=O)(=O)c3ccc(F)cc3)o2)cc1. The fraction of sp³-hybridized carbons (Fsp3) is 0.0588. The summed E-state index contributed by atoms with van der Waals surface area (Å²) in [6.45, 7) is 1.91. The molecule has 0 amide bonds. The van der Waals surface area contributed by atoms with Gasteiger partial charge in [0.15, 0.2) is 5.69 Å². The molecule has 0 saturated heterocycles. The summed E-state index contributed by atoms with van der Waals surface area (Å²) in [4.78, 5) is 3.78. The van der Waals surface area contributed by atoms with Gasteiger partial charge in [-0.05, 0) is 43.3 Å². The molecule has 0 fully saturated rings. The van der Waals surface area contributed by atoms with Crippen LogP contribution in [0.2, 0.25) is 0 Å². The summed E-state index contributed by atoms with van der Waals surface area (Å²) in [6, 6.07) is 13.1. The van der Waals surface area contributed by atoms with Gasteiger partial charge in [0.25, 0.3) is 5.09 Å². The average molecular weight is 342 g/mol. The molecule has 3 aromatic rings. The summed E-state index contributed by atoms with van der Waals surface area (Å²) in [7, 11) is -4.11. The van der Waals surface area contributed by atoms with Crippen molar-refractivity contribution in [3.8, 4) is 17.5 Å². The van der Waals surface area contributed by atoms with Crippen LogP contribution in [0.5, 0.6) is 0 Å². The zero-order valence-corrected chi connectivity index (χ0v) is 13.3. The molecule has 120 valence electrons. The van der Waals surface area contributed by atoms with Crippen LogP contribution in [-0.4, -0.2) is 13.4 Å². The van der Waals surface area contributed by atoms with Crippen molar-refractivity contribution in [2.45, 2.75) is 16.9 Å². The Hall–Kier alpha value is -2.98. The van der Waals surface area contributed by atoms with E-state index in [1.807, 2.05) is 19.1 Å². The van der Waals surface area contributed by atoms with E-state index < -0.39 is 20.7 Å². The minimum absolute atomic E-state index is 0.0345. The number of aromatic nitrogens is 1. The predicted molar refractivity (Wildman–Crippen MR) is 83.2 cm³/mol. The molecule has 0 unspecified atom stereocenters. The van der Waals surface area contributed by atoms with Crippen LogP contribution in [-0.2, 0) is 9.84 Å². The third-order valence-electron chi connectivity index (χ3n) is 3.37. The Morgan fingerprint density at radius 3 is 2.29 bits per heavy atom. The van der Waals surface area contributed by atoms with E-state index >= 15 is 0 Å². The Balaban J connectivity index is 2.13. The smallest absolute Gasteiger partial charge is 0.261 e. The summed E-state index contributed by atoms with van der Waals surface area (Å²) >= 11 is 0. The molecule has 1 aromatic heterocycles. The lowest BCUT2D eigenvalue weighted by molar-refractivity contribution is 0.457. The summed E-state index contributed by atoms with van der Waals surface area (Å²) in [6.07, 6.45) is 0. The number of rotatable bonds is 3. The summed E-state index contributed by atoms with van der Waals surface area (Å²) in [5, 5.41) is 8.63. The number of hydrogen-bond donors (Lipinski definition) is 0. The number of aryl methyl sites for hydroxylation is 1. The van der Waals surface area contributed by atoms with E-state index in [2.05, 4.69) is 4.98 Å². The molecule has 0 atom stereocenters. The van der Waals surface area contributed by atoms with Gasteiger partial charge in [0, 0.05) is 5.56 Å². The van der Waals surface area contributed by atoms with Crippen LogP contribution in [0.3, 0.4) is 0 Å². The van der Waals surface area contributed by atoms with E-state index in [0.717, 1.165) is 29.8 Å². The number of benzene rings is 2. The lowest BCUT2D eigenvalue weighted by Gasteiger charge is -2.01. The number of oxazole rings is 1. The Morgan fingerprint density at radius 2 is 1.71 bits per heavy atom. The van der Waals surface area contributed by atoms with Gasteiger partial charge in [-0.15, -0.1) is 0 Å². The van der Waals surface area contributed by atoms with Crippen LogP contribution in [0.25, 0.3) is 11.5 Å². The number of nitriles is 1. The molecule has 3 rings (SSSR count). The molecule has 0 aliphatic carbocycles. The fourth-order valence-corrected chi connectivity index (χ4v) is 3.34.